The molecular formula is C21H14F3N3O2S. The fraction of sp³-hybridized carbons (Fsp3) is 0.0952. The lowest BCUT2D eigenvalue weighted by molar-refractivity contribution is -0.137. The van der Waals surface area contributed by atoms with Crippen LogP contribution in [0.3, 0.4) is 0 Å². The Kier molecular flexibility index (Phi) is 5.13. The lowest BCUT2D eigenvalue weighted by Gasteiger charge is -2.09. The topological polar surface area (TPSA) is 64.0 Å². The van der Waals surface area contributed by atoms with Crippen molar-refractivity contribution in [3.05, 3.63) is 82.9 Å². The first-order valence-electron chi connectivity index (χ1n) is 8.83. The van der Waals surface area contributed by atoms with E-state index < -0.39 is 17.6 Å². The highest BCUT2D eigenvalue weighted by Crippen LogP contribution is 2.31. The number of fused-ring (bicyclic) bond motifs is 1. The van der Waals surface area contributed by atoms with Crippen LogP contribution in [0.5, 0.6) is 0 Å². The van der Waals surface area contributed by atoms with Crippen LogP contribution in [0.4, 0.5) is 18.9 Å². The Bertz CT molecular complexity index is 1260. The van der Waals surface area contributed by atoms with E-state index in [4.69, 9.17) is 0 Å². The largest absolute Gasteiger partial charge is 0.416 e. The fourth-order valence-electron chi connectivity index (χ4n) is 2.91. The Hall–Kier alpha value is -3.46. The first kappa shape index (κ1) is 19.8. The molecule has 0 aliphatic heterocycles. The molecule has 4 aromatic rings. The number of hydrogen-bond acceptors (Lipinski definition) is 4. The van der Waals surface area contributed by atoms with Crippen molar-refractivity contribution >= 4 is 33.1 Å². The number of aromatic nitrogens is 2. The molecular weight excluding hydrogens is 415 g/mol. The summed E-state index contributed by atoms with van der Waals surface area (Å²) < 4.78 is 39.0. The van der Waals surface area contributed by atoms with Gasteiger partial charge in [-0.2, -0.15) is 13.2 Å². The minimum atomic E-state index is -4.45. The maximum Gasteiger partial charge on any atom is 0.416 e. The van der Waals surface area contributed by atoms with E-state index in [9.17, 15) is 22.8 Å². The average molecular weight is 429 g/mol. The van der Waals surface area contributed by atoms with Gasteiger partial charge in [0.25, 0.3) is 5.56 Å². The van der Waals surface area contributed by atoms with Gasteiger partial charge in [0.1, 0.15) is 11.4 Å². The highest BCUT2D eigenvalue weighted by Gasteiger charge is 2.30. The molecule has 2 heterocycles. The second-order valence-electron chi connectivity index (χ2n) is 6.50. The van der Waals surface area contributed by atoms with Crippen molar-refractivity contribution < 1.29 is 18.0 Å². The van der Waals surface area contributed by atoms with Crippen LogP contribution in [-0.4, -0.2) is 15.5 Å². The number of amides is 1. The molecule has 0 aliphatic carbocycles. The molecule has 9 heteroatoms. The molecule has 1 N–H and O–H groups in total. The molecule has 0 radical (unpaired) electrons. The van der Waals surface area contributed by atoms with Gasteiger partial charge in [0.2, 0.25) is 5.91 Å². The minimum Gasteiger partial charge on any atom is -0.325 e. The van der Waals surface area contributed by atoms with E-state index in [-0.39, 0.29) is 17.8 Å². The first-order chi connectivity index (χ1) is 14.3. The number of carbonyl (C=O) groups is 1. The average Bonchev–Trinajstić information content (AvgIpc) is 3.16. The molecule has 2 aromatic heterocycles. The number of thiophene rings is 1. The van der Waals surface area contributed by atoms with E-state index in [0.29, 0.717) is 10.2 Å². The molecule has 2 aromatic carbocycles. The normalized spacial score (nSPS) is 11.6. The van der Waals surface area contributed by atoms with Crippen molar-refractivity contribution in [2.75, 3.05) is 5.32 Å². The van der Waals surface area contributed by atoms with Gasteiger partial charge in [-0.3, -0.25) is 14.2 Å². The summed E-state index contributed by atoms with van der Waals surface area (Å²) in [4.78, 5) is 30.7. The molecule has 4 rings (SSSR count). The van der Waals surface area contributed by atoms with Crippen molar-refractivity contribution in [3.8, 4) is 10.4 Å². The van der Waals surface area contributed by atoms with Gasteiger partial charge in [0.05, 0.1) is 17.3 Å². The third kappa shape index (κ3) is 4.11. The predicted molar refractivity (Wildman–Crippen MR) is 109 cm³/mol. The number of nitrogens with one attached hydrogen (secondary N) is 1. The maximum absolute atomic E-state index is 12.7. The van der Waals surface area contributed by atoms with Gasteiger partial charge in [-0.25, -0.2) is 4.98 Å². The van der Waals surface area contributed by atoms with E-state index in [1.807, 2.05) is 30.3 Å². The van der Waals surface area contributed by atoms with Crippen LogP contribution in [0.15, 0.2) is 71.8 Å². The molecule has 152 valence electrons. The van der Waals surface area contributed by atoms with Crippen LogP contribution in [0.1, 0.15) is 5.56 Å². The Labute approximate surface area is 172 Å². The number of alkyl halides is 3. The highest BCUT2D eigenvalue weighted by atomic mass is 32.1. The molecule has 0 spiro atoms. The molecule has 0 fully saturated rings. The number of anilines is 1. The van der Waals surface area contributed by atoms with E-state index in [1.54, 1.807) is 6.07 Å². The smallest absolute Gasteiger partial charge is 0.325 e. The zero-order valence-electron chi connectivity index (χ0n) is 15.3. The molecule has 5 nitrogen and oxygen atoms in total. The van der Waals surface area contributed by atoms with Gasteiger partial charge in [-0.05, 0) is 35.9 Å². The van der Waals surface area contributed by atoms with E-state index in [2.05, 4.69) is 10.3 Å². The monoisotopic (exact) mass is 429 g/mol. The number of carbonyl (C=O) groups excluding carboxylic acids is 1. The van der Waals surface area contributed by atoms with Gasteiger partial charge >= 0.3 is 6.18 Å². The molecule has 0 saturated heterocycles. The summed E-state index contributed by atoms with van der Waals surface area (Å²) in [6, 6.07) is 15.4. The summed E-state index contributed by atoms with van der Waals surface area (Å²) in [6.45, 7) is -0.306. The Morgan fingerprint density at radius 3 is 2.43 bits per heavy atom. The summed E-state index contributed by atoms with van der Waals surface area (Å²) in [7, 11) is 0. The number of hydrogen-bond donors (Lipinski definition) is 1. The van der Waals surface area contributed by atoms with Gasteiger partial charge in [0.15, 0.2) is 0 Å². The lowest BCUT2D eigenvalue weighted by atomic mass is 10.2. The van der Waals surface area contributed by atoms with Crippen molar-refractivity contribution in [1.82, 2.24) is 9.55 Å². The Morgan fingerprint density at radius 2 is 1.77 bits per heavy atom. The van der Waals surface area contributed by atoms with E-state index >= 15 is 0 Å². The van der Waals surface area contributed by atoms with Crippen LogP contribution in [0, 0.1) is 0 Å². The second-order valence-corrected chi connectivity index (χ2v) is 7.53. The van der Waals surface area contributed by atoms with Gasteiger partial charge in [-0.1, -0.05) is 30.3 Å². The van der Waals surface area contributed by atoms with Crippen molar-refractivity contribution in [2.45, 2.75) is 12.7 Å². The second kappa shape index (κ2) is 7.75. The van der Waals surface area contributed by atoms with Crippen LogP contribution in [0.25, 0.3) is 20.7 Å². The molecule has 0 unspecified atom stereocenters. The molecule has 0 aliphatic rings. The summed E-state index contributed by atoms with van der Waals surface area (Å²) in [5, 5.41) is 2.89. The highest BCUT2D eigenvalue weighted by molar-refractivity contribution is 7.21. The summed E-state index contributed by atoms with van der Waals surface area (Å²) in [5.41, 5.74) is 0.00234. The number of nitrogens with zero attached hydrogens (tertiary/aromatic N) is 2. The van der Waals surface area contributed by atoms with Crippen molar-refractivity contribution in [1.29, 1.82) is 0 Å². The Balaban J connectivity index is 1.53. The number of halogens is 3. The quantitative estimate of drug-likeness (QED) is 0.508. The number of rotatable bonds is 4. The first-order valence-corrected chi connectivity index (χ1v) is 9.64. The van der Waals surface area contributed by atoms with Crippen LogP contribution >= 0.6 is 11.3 Å². The van der Waals surface area contributed by atoms with Gasteiger partial charge in [0, 0.05) is 10.6 Å². The number of benzene rings is 2. The molecule has 30 heavy (non-hydrogen) atoms. The van der Waals surface area contributed by atoms with Crippen LogP contribution in [-0.2, 0) is 17.5 Å². The van der Waals surface area contributed by atoms with Gasteiger partial charge < -0.3 is 5.32 Å². The van der Waals surface area contributed by atoms with Crippen LogP contribution in [0.2, 0.25) is 0 Å². The standard InChI is InChI=1S/C21H14F3N3O2S/c22-21(23,24)14-6-8-15(9-7-14)26-18(28)11-27-12-25-19-16(20(27)29)10-17(30-19)13-4-2-1-3-5-13/h1-10,12H,11H2,(H,26,28). The molecule has 0 bridgehead atoms. The predicted octanol–water partition coefficient (Wildman–Crippen LogP) is 4.78. The SMILES string of the molecule is O=C(Cn1cnc2sc(-c3ccccc3)cc2c1=O)Nc1ccc(C(F)(F)F)cc1. The van der Waals surface area contributed by atoms with E-state index in [1.165, 1.54) is 22.2 Å². The van der Waals surface area contributed by atoms with E-state index in [0.717, 1.165) is 34.7 Å². The summed E-state index contributed by atoms with van der Waals surface area (Å²) in [6.07, 6.45) is -3.15. The lowest BCUT2D eigenvalue weighted by Crippen LogP contribution is -2.27. The Morgan fingerprint density at radius 1 is 1.07 bits per heavy atom. The third-order valence-electron chi connectivity index (χ3n) is 4.39. The molecule has 1 amide bonds. The molecule has 0 saturated carbocycles. The molecule has 0 atom stereocenters. The summed E-state index contributed by atoms with van der Waals surface area (Å²) >= 11 is 1.38. The maximum atomic E-state index is 12.7. The minimum absolute atomic E-state index is 0.206. The van der Waals surface area contributed by atoms with Crippen molar-refractivity contribution in [3.63, 3.8) is 0 Å². The van der Waals surface area contributed by atoms with Crippen molar-refractivity contribution in [2.24, 2.45) is 0 Å². The third-order valence-corrected chi connectivity index (χ3v) is 5.48. The summed E-state index contributed by atoms with van der Waals surface area (Å²) in [5.74, 6) is -0.545. The zero-order valence-corrected chi connectivity index (χ0v) is 16.1. The zero-order chi connectivity index (χ0) is 21.3. The van der Waals surface area contributed by atoms with Gasteiger partial charge in [-0.15, -0.1) is 11.3 Å². The van der Waals surface area contributed by atoms with Crippen LogP contribution < -0.4 is 10.9 Å². The fourth-order valence-corrected chi connectivity index (χ4v) is 3.91.